The van der Waals surface area contributed by atoms with Gasteiger partial charge in [0, 0.05) is 26.6 Å². The first kappa shape index (κ1) is 7.54. The third-order valence-electron chi connectivity index (χ3n) is 1.79. The predicted octanol–water partition coefficient (Wildman–Crippen LogP) is -0.172. The summed E-state index contributed by atoms with van der Waals surface area (Å²) in [5.41, 5.74) is 0. The predicted molar refractivity (Wildman–Crippen MR) is 39.7 cm³/mol. The molecule has 3 heteroatoms. The van der Waals surface area contributed by atoms with Crippen LogP contribution in [0.1, 0.15) is 12.8 Å². The van der Waals surface area contributed by atoms with Crippen LogP contribution in [0, 0.1) is 0 Å². The molecule has 1 heterocycles. The minimum Gasteiger partial charge on any atom is -0.346 e. The van der Waals surface area contributed by atoms with Gasteiger partial charge < -0.3 is 10.2 Å². The lowest BCUT2D eigenvalue weighted by Gasteiger charge is -2.20. The van der Waals surface area contributed by atoms with E-state index in [1.807, 2.05) is 7.05 Å². The maximum Gasteiger partial charge on any atom is 0.223 e. The molecule has 1 N–H and O–H groups in total. The largest absolute Gasteiger partial charge is 0.346 e. The normalized spacial score (nSPS) is 22.1. The standard InChI is InChI=1S/C7H14N2O/c1-9-6-2-4-8-5-3-7(9)10/h8H,2-6H2,1H3. The summed E-state index contributed by atoms with van der Waals surface area (Å²) in [6.07, 6.45) is 1.72. The molecule has 0 aromatic heterocycles. The number of carbonyl (C=O) groups excluding carboxylic acids is 1. The van der Waals surface area contributed by atoms with Gasteiger partial charge >= 0.3 is 0 Å². The van der Waals surface area contributed by atoms with Crippen LogP contribution < -0.4 is 5.32 Å². The van der Waals surface area contributed by atoms with E-state index in [9.17, 15) is 4.79 Å². The Balaban J connectivity index is 2.35. The van der Waals surface area contributed by atoms with Crippen LogP contribution in [0.3, 0.4) is 0 Å². The highest BCUT2D eigenvalue weighted by atomic mass is 16.2. The van der Waals surface area contributed by atoms with E-state index >= 15 is 0 Å². The molecule has 1 saturated heterocycles. The Labute approximate surface area is 61.4 Å². The van der Waals surface area contributed by atoms with Crippen molar-refractivity contribution in [2.75, 3.05) is 26.7 Å². The summed E-state index contributed by atoms with van der Waals surface area (Å²) < 4.78 is 0. The van der Waals surface area contributed by atoms with Gasteiger partial charge in [-0.1, -0.05) is 0 Å². The van der Waals surface area contributed by atoms with Gasteiger partial charge in [-0.15, -0.1) is 0 Å². The molecule has 3 nitrogen and oxygen atoms in total. The van der Waals surface area contributed by atoms with E-state index in [0.29, 0.717) is 6.42 Å². The average molecular weight is 142 g/mol. The minimum atomic E-state index is 0.257. The molecule has 0 unspecified atom stereocenters. The second-order valence-corrected chi connectivity index (χ2v) is 2.67. The van der Waals surface area contributed by atoms with Crippen LogP contribution in [0.15, 0.2) is 0 Å². The summed E-state index contributed by atoms with van der Waals surface area (Å²) in [6.45, 7) is 2.77. The van der Waals surface area contributed by atoms with Crippen LogP contribution in [0.4, 0.5) is 0 Å². The van der Waals surface area contributed by atoms with Crippen molar-refractivity contribution in [3.8, 4) is 0 Å². The highest BCUT2D eigenvalue weighted by molar-refractivity contribution is 5.76. The van der Waals surface area contributed by atoms with Gasteiger partial charge in [-0.2, -0.15) is 0 Å². The van der Waals surface area contributed by atoms with Crippen molar-refractivity contribution in [3.63, 3.8) is 0 Å². The minimum absolute atomic E-state index is 0.257. The Kier molecular flexibility index (Phi) is 2.68. The number of hydrogen-bond acceptors (Lipinski definition) is 2. The van der Waals surface area contributed by atoms with Crippen molar-refractivity contribution < 1.29 is 4.79 Å². The van der Waals surface area contributed by atoms with Crippen molar-refractivity contribution in [1.29, 1.82) is 0 Å². The summed E-state index contributed by atoms with van der Waals surface area (Å²) in [5.74, 6) is 0.257. The lowest BCUT2D eigenvalue weighted by Crippen LogP contribution is -2.35. The first-order valence-electron chi connectivity index (χ1n) is 3.75. The molecule has 0 spiro atoms. The molecule has 0 atom stereocenters. The summed E-state index contributed by atoms with van der Waals surface area (Å²) in [6, 6.07) is 0. The molecule has 58 valence electrons. The Morgan fingerprint density at radius 2 is 2.30 bits per heavy atom. The van der Waals surface area contributed by atoms with E-state index in [2.05, 4.69) is 5.32 Å². The van der Waals surface area contributed by atoms with Gasteiger partial charge in [-0.3, -0.25) is 4.79 Å². The van der Waals surface area contributed by atoms with Crippen molar-refractivity contribution >= 4 is 5.91 Å². The third-order valence-corrected chi connectivity index (χ3v) is 1.79. The molecular formula is C7H14N2O. The van der Waals surface area contributed by atoms with E-state index in [4.69, 9.17) is 0 Å². The third kappa shape index (κ3) is 1.99. The van der Waals surface area contributed by atoms with Crippen LogP contribution in [-0.4, -0.2) is 37.5 Å². The van der Waals surface area contributed by atoms with Crippen molar-refractivity contribution in [1.82, 2.24) is 10.2 Å². The van der Waals surface area contributed by atoms with Gasteiger partial charge in [-0.05, 0) is 13.0 Å². The van der Waals surface area contributed by atoms with E-state index in [1.165, 1.54) is 0 Å². The number of rotatable bonds is 0. The van der Waals surface area contributed by atoms with Crippen LogP contribution >= 0.6 is 0 Å². The van der Waals surface area contributed by atoms with Crippen molar-refractivity contribution in [2.24, 2.45) is 0 Å². The molecule has 1 aliphatic heterocycles. The SMILES string of the molecule is CN1CCCNCCC1=O. The van der Waals surface area contributed by atoms with Crippen molar-refractivity contribution in [3.05, 3.63) is 0 Å². The molecule has 1 fully saturated rings. The van der Waals surface area contributed by atoms with E-state index < -0.39 is 0 Å². The number of amides is 1. The average Bonchev–Trinajstić information content (AvgIpc) is 1.92. The molecule has 1 rings (SSSR count). The summed E-state index contributed by atoms with van der Waals surface area (Å²) in [4.78, 5) is 12.9. The monoisotopic (exact) mass is 142 g/mol. The number of nitrogens with zero attached hydrogens (tertiary/aromatic N) is 1. The Bertz CT molecular complexity index is 125. The first-order valence-corrected chi connectivity index (χ1v) is 3.75. The number of carbonyl (C=O) groups is 1. The molecule has 0 saturated carbocycles. The molecule has 1 aliphatic rings. The van der Waals surface area contributed by atoms with Crippen LogP contribution in [0.2, 0.25) is 0 Å². The van der Waals surface area contributed by atoms with Crippen LogP contribution in [0.5, 0.6) is 0 Å². The lowest BCUT2D eigenvalue weighted by atomic mass is 10.3. The fourth-order valence-corrected chi connectivity index (χ4v) is 1.08. The van der Waals surface area contributed by atoms with Crippen LogP contribution in [-0.2, 0) is 4.79 Å². The highest BCUT2D eigenvalue weighted by Gasteiger charge is 2.09. The van der Waals surface area contributed by atoms with Gasteiger partial charge in [0.05, 0.1) is 0 Å². The molecule has 0 bridgehead atoms. The summed E-state index contributed by atoms with van der Waals surface area (Å²) in [5, 5.41) is 3.19. The highest BCUT2D eigenvalue weighted by Crippen LogP contribution is 1.94. The smallest absolute Gasteiger partial charge is 0.223 e. The van der Waals surface area contributed by atoms with E-state index in [1.54, 1.807) is 4.90 Å². The second-order valence-electron chi connectivity index (χ2n) is 2.67. The summed E-state index contributed by atoms with van der Waals surface area (Å²) in [7, 11) is 1.87. The first-order chi connectivity index (χ1) is 4.80. The lowest BCUT2D eigenvalue weighted by molar-refractivity contribution is -0.130. The number of nitrogens with one attached hydrogen (secondary N) is 1. The van der Waals surface area contributed by atoms with Gasteiger partial charge in [0.25, 0.3) is 0 Å². The molecule has 0 aromatic rings. The summed E-state index contributed by atoms with van der Waals surface area (Å²) >= 11 is 0. The molecule has 0 aromatic carbocycles. The van der Waals surface area contributed by atoms with Gasteiger partial charge in [-0.25, -0.2) is 0 Å². The zero-order valence-corrected chi connectivity index (χ0v) is 6.39. The molecule has 0 aliphatic carbocycles. The number of hydrogen-bond donors (Lipinski definition) is 1. The van der Waals surface area contributed by atoms with E-state index in [0.717, 1.165) is 26.1 Å². The van der Waals surface area contributed by atoms with Crippen molar-refractivity contribution in [2.45, 2.75) is 12.8 Å². The second kappa shape index (κ2) is 3.56. The maximum atomic E-state index is 11.1. The maximum absolute atomic E-state index is 11.1. The molecule has 0 radical (unpaired) electrons. The topological polar surface area (TPSA) is 32.3 Å². The fraction of sp³-hybridized carbons (Fsp3) is 0.857. The molecular weight excluding hydrogens is 128 g/mol. The molecule has 10 heavy (non-hydrogen) atoms. The van der Waals surface area contributed by atoms with Gasteiger partial charge in [0.1, 0.15) is 0 Å². The Morgan fingerprint density at radius 1 is 1.50 bits per heavy atom. The van der Waals surface area contributed by atoms with Gasteiger partial charge in [0.2, 0.25) is 5.91 Å². The zero-order valence-electron chi connectivity index (χ0n) is 6.39. The Morgan fingerprint density at radius 3 is 3.10 bits per heavy atom. The zero-order chi connectivity index (χ0) is 7.40. The Hall–Kier alpha value is -0.570. The van der Waals surface area contributed by atoms with Gasteiger partial charge in [0.15, 0.2) is 0 Å². The van der Waals surface area contributed by atoms with Crippen LogP contribution in [0.25, 0.3) is 0 Å². The van der Waals surface area contributed by atoms with E-state index in [-0.39, 0.29) is 5.91 Å². The molecule has 1 amide bonds. The fourth-order valence-electron chi connectivity index (χ4n) is 1.08. The quantitative estimate of drug-likeness (QED) is 0.509.